The predicted molar refractivity (Wildman–Crippen MR) is 188 cm³/mol. The smallest absolute Gasteiger partial charge is 0.427 e. The second-order valence-electron chi connectivity index (χ2n) is 14.8. The van der Waals surface area contributed by atoms with E-state index in [-0.39, 0.29) is 47.7 Å². The summed E-state index contributed by atoms with van der Waals surface area (Å²) in [6.45, 7) is 6.47. The number of sulfone groups is 2. The zero-order valence-corrected chi connectivity index (χ0v) is 32.8. The Bertz CT molecular complexity index is 1740. The number of hydrogen-bond donors (Lipinski definition) is 0. The summed E-state index contributed by atoms with van der Waals surface area (Å²) in [5.41, 5.74) is -0.766. The van der Waals surface area contributed by atoms with Gasteiger partial charge in [0, 0.05) is 35.3 Å². The second kappa shape index (κ2) is 17.2. The first-order valence-electron chi connectivity index (χ1n) is 17.6. The maximum absolute atomic E-state index is 12.8. The van der Waals surface area contributed by atoms with E-state index in [0.717, 1.165) is 50.2 Å². The van der Waals surface area contributed by atoms with Gasteiger partial charge in [0.15, 0.2) is 0 Å². The fraction of sp³-hybridized carbons (Fsp3) is 0.667. The standard InChI is InChI=1S/2C18H24F3NO4S/c2*1-4-27(24,25)11-12-5-6-14-7-13(10-22-15(14)8-12)9-16(23)26-17(2,3)18(19,20)21/h2*7,10,12H,4-6,8-9,11H2,1-3H3/t2*12-/m10/s1. The molecule has 18 heteroatoms. The number of aryl methyl sites for hydroxylation is 2. The molecule has 0 saturated carbocycles. The third kappa shape index (κ3) is 12.9. The quantitative estimate of drug-likeness (QED) is 0.182. The zero-order chi connectivity index (χ0) is 40.9. The molecule has 2 atom stereocenters. The molecule has 0 fully saturated rings. The highest BCUT2D eigenvalue weighted by atomic mass is 32.2. The molecule has 2 heterocycles. The first kappa shape index (κ1) is 45.1. The number of carbonyl (C=O) groups is 2. The van der Waals surface area contributed by atoms with Crippen LogP contribution in [0, 0.1) is 11.8 Å². The normalized spacial score (nSPS) is 18.1. The number of carbonyl (C=O) groups excluding carboxylic acids is 2. The first-order valence-corrected chi connectivity index (χ1v) is 21.2. The molecule has 0 unspecified atom stereocenters. The van der Waals surface area contributed by atoms with Gasteiger partial charge < -0.3 is 9.47 Å². The van der Waals surface area contributed by atoms with Gasteiger partial charge >= 0.3 is 24.3 Å². The molecular formula is C36H48F6N2O8S2. The van der Waals surface area contributed by atoms with E-state index in [1.165, 1.54) is 12.4 Å². The van der Waals surface area contributed by atoms with E-state index in [1.807, 2.05) is 0 Å². The highest BCUT2D eigenvalue weighted by molar-refractivity contribution is 7.91. The number of esters is 2. The van der Waals surface area contributed by atoms with Crippen molar-refractivity contribution in [2.45, 2.75) is 116 Å². The highest BCUT2D eigenvalue weighted by Crippen LogP contribution is 2.35. The van der Waals surface area contributed by atoms with E-state index < -0.39 is 55.2 Å². The molecule has 0 aromatic carbocycles. The Kier molecular flexibility index (Phi) is 14.4. The number of aromatic nitrogens is 2. The molecule has 4 rings (SSSR count). The van der Waals surface area contributed by atoms with Crippen LogP contribution in [-0.2, 0) is 77.3 Å². The zero-order valence-electron chi connectivity index (χ0n) is 31.2. The summed E-state index contributed by atoms with van der Waals surface area (Å²) in [6, 6.07) is 3.49. The minimum Gasteiger partial charge on any atom is -0.450 e. The van der Waals surface area contributed by atoms with Crippen molar-refractivity contribution in [3.05, 3.63) is 58.2 Å². The topological polar surface area (TPSA) is 147 Å². The predicted octanol–water partition coefficient (Wildman–Crippen LogP) is 6.10. The molecule has 0 spiro atoms. The molecular weight excluding hydrogens is 767 g/mol. The van der Waals surface area contributed by atoms with Crippen LogP contribution < -0.4 is 0 Å². The fourth-order valence-corrected chi connectivity index (χ4v) is 8.45. The molecule has 304 valence electrons. The number of hydrogen-bond acceptors (Lipinski definition) is 10. The maximum atomic E-state index is 12.8. The van der Waals surface area contributed by atoms with Gasteiger partial charge in [-0.1, -0.05) is 26.0 Å². The SMILES string of the molecule is CCS(=O)(=O)C[C@@H]1CCc2cc(CC(=O)OC(C)(C)C(F)(F)F)cnc2C1.CCS(=O)(=O)C[C@H]1CCc2cc(CC(=O)OC(C)(C)C(F)(F)F)cnc2C1. The maximum Gasteiger partial charge on any atom is 0.427 e. The van der Waals surface area contributed by atoms with Crippen molar-refractivity contribution in [3.63, 3.8) is 0 Å². The number of fused-ring (bicyclic) bond motifs is 2. The Morgan fingerprint density at radius 2 is 1.00 bits per heavy atom. The summed E-state index contributed by atoms with van der Waals surface area (Å²) >= 11 is 0. The Balaban J connectivity index is 0.000000290. The van der Waals surface area contributed by atoms with Crippen molar-refractivity contribution in [1.29, 1.82) is 0 Å². The van der Waals surface area contributed by atoms with Crippen molar-refractivity contribution in [1.82, 2.24) is 9.97 Å². The van der Waals surface area contributed by atoms with Crippen LogP contribution >= 0.6 is 0 Å². The summed E-state index contributed by atoms with van der Waals surface area (Å²) < 4.78 is 133. The molecule has 2 aromatic heterocycles. The van der Waals surface area contributed by atoms with Crippen molar-refractivity contribution in [3.8, 4) is 0 Å². The van der Waals surface area contributed by atoms with Gasteiger partial charge in [0.25, 0.3) is 0 Å². The molecule has 0 radical (unpaired) electrons. The Labute approximate surface area is 312 Å². The summed E-state index contributed by atoms with van der Waals surface area (Å²) in [5, 5.41) is 0. The van der Waals surface area contributed by atoms with Crippen LogP contribution in [0.5, 0.6) is 0 Å². The van der Waals surface area contributed by atoms with Crippen molar-refractivity contribution < 1.29 is 62.2 Å². The molecule has 0 amide bonds. The molecule has 54 heavy (non-hydrogen) atoms. The number of halogens is 6. The Morgan fingerprint density at radius 3 is 1.30 bits per heavy atom. The lowest BCUT2D eigenvalue weighted by Gasteiger charge is -2.27. The van der Waals surface area contributed by atoms with Crippen molar-refractivity contribution >= 4 is 31.6 Å². The molecule has 2 aromatic rings. The van der Waals surface area contributed by atoms with Crippen LogP contribution in [0.3, 0.4) is 0 Å². The van der Waals surface area contributed by atoms with E-state index in [9.17, 15) is 52.8 Å². The monoisotopic (exact) mass is 814 g/mol. The van der Waals surface area contributed by atoms with Crippen LogP contribution in [-0.4, -0.2) is 85.3 Å². The molecule has 0 bridgehead atoms. The number of rotatable bonds is 12. The third-order valence-corrected chi connectivity index (χ3v) is 13.2. The molecule has 2 aliphatic carbocycles. The van der Waals surface area contributed by atoms with Gasteiger partial charge in [-0.05, 0) is 100 Å². The lowest BCUT2D eigenvalue weighted by atomic mass is 9.87. The Morgan fingerprint density at radius 1 is 0.667 bits per heavy atom. The van der Waals surface area contributed by atoms with Gasteiger partial charge in [0.1, 0.15) is 19.7 Å². The Hall–Kier alpha value is -3.28. The average molecular weight is 815 g/mol. The van der Waals surface area contributed by atoms with Crippen LogP contribution in [0.15, 0.2) is 24.5 Å². The lowest BCUT2D eigenvalue weighted by Crippen LogP contribution is -2.43. The number of alkyl halides is 6. The minimum absolute atomic E-state index is 0.0124. The van der Waals surface area contributed by atoms with Crippen molar-refractivity contribution in [2.24, 2.45) is 11.8 Å². The summed E-state index contributed by atoms with van der Waals surface area (Å²) in [7, 11) is -6.11. The van der Waals surface area contributed by atoms with Gasteiger partial charge in [-0.15, -0.1) is 0 Å². The molecule has 2 aliphatic rings. The third-order valence-electron chi connectivity index (χ3n) is 9.50. The second-order valence-corrected chi connectivity index (χ2v) is 19.6. The summed E-state index contributed by atoms with van der Waals surface area (Å²) in [4.78, 5) is 32.3. The summed E-state index contributed by atoms with van der Waals surface area (Å²) in [5.74, 6) is -1.44. The van der Waals surface area contributed by atoms with Gasteiger partial charge in [-0.2, -0.15) is 26.3 Å². The van der Waals surface area contributed by atoms with Crippen LogP contribution in [0.4, 0.5) is 26.3 Å². The first-order chi connectivity index (χ1) is 24.7. The van der Waals surface area contributed by atoms with Gasteiger partial charge in [-0.25, -0.2) is 16.8 Å². The van der Waals surface area contributed by atoms with E-state index >= 15 is 0 Å². The fourth-order valence-electron chi connectivity index (χ4n) is 5.97. The largest absolute Gasteiger partial charge is 0.450 e. The van der Waals surface area contributed by atoms with Crippen molar-refractivity contribution in [2.75, 3.05) is 23.0 Å². The van der Waals surface area contributed by atoms with Crippen LogP contribution in [0.1, 0.15) is 88.0 Å². The lowest BCUT2D eigenvalue weighted by molar-refractivity contribution is -0.257. The molecule has 0 saturated heterocycles. The molecule has 0 aliphatic heterocycles. The molecule has 10 nitrogen and oxygen atoms in total. The summed E-state index contributed by atoms with van der Waals surface area (Å²) in [6.07, 6.45) is -3.27. The van der Waals surface area contributed by atoms with Crippen LogP contribution in [0.25, 0.3) is 0 Å². The van der Waals surface area contributed by atoms with E-state index in [4.69, 9.17) is 0 Å². The minimum atomic E-state index is -4.65. The van der Waals surface area contributed by atoms with E-state index in [1.54, 1.807) is 26.0 Å². The number of pyridine rings is 2. The average Bonchev–Trinajstić information content (AvgIpc) is 3.03. The van der Waals surface area contributed by atoms with Gasteiger partial charge in [0.05, 0.1) is 24.3 Å². The highest BCUT2D eigenvalue weighted by Gasteiger charge is 2.51. The number of ether oxygens (including phenoxy) is 2. The molecule has 0 N–H and O–H groups in total. The number of nitrogens with zero attached hydrogens (tertiary/aromatic N) is 2. The van der Waals surface area contributed by atoms with Gasteiger partial charge in [0.2, 0.25) is 11.2 Å². The van der Waals surface area contributed by atoms with Gasteiger partial charge in [-0.3, -0.25) is 19.6 Å². The van der Waals surface area contributed by atoms with E-state index in [2.05, 4.69) is 19.4 Å². The van der Waals surface area contributed by atoms with Crippen LogP contribution in [0.2, 0.25) is 0 Å². The van der Waals surface area contributed by atoms with E-state index in [0.29, 0.717) is 49.7 Å².